The highest BCUT2D eigenvalue weighted by Gasteiger charge is 2.40. The van der Waals surface area contributed by atoms with Gasteiger partial charge in [0.2, 0.25) is 12.1 Å². The number of esters is 1. The molecule has 2 heterocycles. The van der Waals surface area contributed by atoms with Crippen molar-refractivity contribution >= 4 is 19.6 Å². The first-order valence-electron chi connectivity index (χ1n) is 9.46. The molecular formula is C18H22N5O9P. The average molecular weight is 483 g/mol. The number of ether oxygens (including phenoxy) is 2. The molecule has 1 aromatic carbocycles. The van der Waals surface area contributed by atoms with Crippen LogP contribution in [0.15, 0.2) is 48.2 Å². The predicted octanol–water partition coefficient (Wildman–Crippen LogP) is 0.391. The highest BCUT2D eigenvalue weighted by molar-refractivity contribution is 7.52. The van der Waals surface area contributed by atoms with Gasteiger partial charge in [-0.15, -0.1) is 5.10 Å². The monoisotopic (exact) mass is 483 g/mol. The number of amides is 1. The molecule has 178 valence electrons. The molecular weight excluding hydrogens is 461 g/mol. The molecule has 15 heteroatoms. The summed E-state index contributed by atoms with van der Waals surface area (Å²) in [5.74, 6) is -2.67. The van der Waals surface area contributed by atoms with Crippen molar-refractivity contribution in [2.45, 2.75) is 25.3 Å². The fourth-order valence-corrected chi connectivity index (χ4v) is 4.15. The topological polar surface area (TPSA) is 197 Å². The Morgan fingerprint density at radius 3 is 2.67 bits per heavy atom. The number of carbonyl (C=O) groups is 2. The number of methoxy groups -OCH3 is 1. The Kier molecular flexibility index (Phi) is 7.33. The highest BCUT2D eigenvalue weighted by Crippen LogP contribution is 2.46. The van der Waals surface area contributed by atoms with Crippen LogP contribution in [0.4, 0.5) is 0 Å². The molecule has 0 spiro atoms. The summed E-state index contributed by atoms with van der Waals surface area (Å²) >= 11 is 0. The van der Waals surface area contributed by atoms with E-state index in [0.29, 0.717) is 0 Å². The number of aliphatic hydroxyl groups excluding tert-OH is 2. The number of nitrogens with one attached hydrogen (secondary N) is 1. The first kappa shape index (κ1) is 24.2. The van der Waals surface area contributed by atoms with E-state index in [1.54, 1.807) is 18.2 Å². The molecule has 2 aromatic rings. The van der Waals surface area contributed by atoms with Crippen LogP contribution >= 0.6 is 7.75 Å². The van der Waals surface area contributed by atoms with Gasteiger partial charge in [-0.1, -0.05) is 18.2 Å². The number of nitrogens with zero attached hydrogens (tertiary/aromatic N) is 3. The number of benzene rings is 1. The Balaban J connectivity index is 1.75. The molecule has 5 N–H and O–H groups in total. The molecule has 33 heavy (non-hydrogen) atoms. The van der Waals surface area contributed by atoms with Crippen molar-refractivity contribution in [3.05, 3.63) is 54.0 Å². The standard InChI is InChI=1S/C18H22N5O9P/c1-10(18(27)29-2)22-33(28,32-11-6-4-3-5-7-11)30-8-12-13(24)14(25)17(31-12)23-9-20-16(21-23)15(19)26/h3-7,9-10,14,17,24-25H,8H2,1-2H3,(H2,19,26)(H,22,28)/t10-,14?,17+,33?/m0/s1. The quantitative estimate of drug-likeness (QED) is 0.268. The zero-order valence-electron chi connectivity index (χ0n) is 17.5. The summed E-state index contributed by atoms with van der Waals surface area (Å²) in [6, 6.07) is 6.95. The largest absolute Gasteiger partial charge is 0.506 e. The molecule has 0 saturated carbocycles. The fraction of sp³-hybridized carbons (Fsp3) is 0.333. The Labute approximate surface area is 187 Å². The van der Waals surface area contributed by atoms with Crippen LogP contribution in [-0.2, 0) is 23.4 Å². The summed E-state index contributed by atoms with van der Waals surface area (Å²) in [5, 5.41) is 26.7. The SMILES string of the molecule is COC(=O)[C@H](C)NP(=O)(OCC1=C(O)C(O)[C@H](n2cnc(C(N)=O)n2)O1)Oc1ccccc1. The minimum absolute atomic E-state index is 0.176. The molecule has 1 amide bonds. The van der Waals surface area contributed by atoms with E-state index in [-0.39, 0.29) is 17.3 Å². The summed E-state index contributed by atoms with van der Waals surface area (Å²) in [6.07, 6.45) is -1.81. The molecule has 0 fully saturated rings. The summed E-state index contributed by atoms with van der Waals surface area (Å²) < 4.78 is 35.2. The lowest BCUT2D eigenvalue weighted by Gasteiger charge is -2.22. The van der Waals surface area contributed by atoms with Gasteiger partial charge in [0.15, 0.2) is 17.6 Å². The molecule has 1 aliphatic rings. The van der Waals surface area contributed by atoms with Gasteiger partial charge >= 0.3 is 13.7 Å². The van der Waals surface area contributed by atoms with Gasteiger partial charge in [0.1, 0.15) is 24.7 Å². The van der Waals surface area contributed by atoms with E-state index in [0.717, 1.165) is 18.1 Å². The molecule has 1 aliphatic heterocycles. The highest BCUT2D eigenvalue weighted by atomic mass is 31.2. The number of aromatic nitrogens is 3. The Morgan fingerprint density at radius 1 is 1.36 bits per heavy atom. The van der Waals surface area contributed by atoms with E-state index in [9.17, 15) is 24.4 Å². The van der Waals surface area contributed by atoms with Crippen molar-refractivity contribution in [2.24, 2.45) is 5.73 Å². The van der Waals surface area contributed by atoms with Crippen LogP contribution in [-0.4, -0.2) is 62.7 Å². The van der Waals surface area contributed by atoms with Crippen LogP contribution < -0.4 is 15.3 Å². The van der Waals surface area contributed by atoms with Crippen LogP contribution in [0.3, 0.4) is 0 Å². The lowest BCUT2D eigenvalue weighted by molar-refractivity contribution is -0.142. The van der Waals surface area contributed by atoms with Gasteiger partial charge in [0.05, 0.1) is 7.11 Å². The first-order chi connectivity index (χ1) is 15.6. The van der Waals surface area contributed by atoms with E-state index in [4.69, 9.17) is 19.5 Å². The van der Waals surface area contributed by atoms with E-state index < -0.39 is 50.4 Å². The van der Waals surface area contributed by atoms with Crippen molar-refractivity contribution in [1.82, 2.24) is 19.9 Å². The molecule has 0 aliphatic carbocycles. The van der Waals surface area contributed by atoms with Gasteiger partial charge < -0.3 is 29.9 Å². The molecule has 0 bridgehead atoms. The minimum atomic E-state index is -4.22. The van der Waals surface area contributed by atoms with Gasteiger partial charge in [-0.25, -0.2) is 14.2 Å². The summed E-state index contributed by atoms with van der Waals surface area (Å²) in [4.78, 5) is 26.6. The molecule has 0 radical (unpaired) electrons. The van der Waals surface area contributed by atoms with Gasteiger partial charge in [0, 0.05) is 0 Å². The first-order valence-corrected chi connectivity index (χ1v) is 11.0. The smallest absolute Gasteiger partial charge is 0.459 e. The Hall–Kier alpha value is -3.45. The lowest BCUT2D eigenvalue weighted by Crippen LogP contribution is -2.34. The van der Waals surface area contributed by atoms with Crippen molar-refractivity contribution in [3.8, 4) is 5.75 Å². The number of primary amides is 1. The number of hydrogen-bond acceptors (Lipinski definition) is 11. The maximum absolute atomic E-state index is 13.3. The molecule has 14 nitrogen and oxygen atoms in total. The van der Waals surface area contributed by atoms with E-state index in [1.165, 1.54) is 19.1 Å². The van der Waals surface area contributed by atoms with E-state index in [2.05, 4.69) is 19.9 Å². The van der Waals surface area contributed by atoms with Gasteiger partial charge in [0.25, 0.3) is 5.91 Å². The minimum Gasteiger partial charge on any atom is -0.506 e. The zero-order valence-corrected chi connectivity index (χ0v) is 18.4. The molecule has 3 rings (SSSR count). The zero-order chi connectivity index (χ0) is 24.2. The number of aliphatic hydroxyl groups is 2. The third-order valence-electron chi connectivity index (χ3n) is 4.33. The fourth-order valence-electron chi connectivity index (χ4n) is 2.71. The lowest BCUT2D eigenvalue weighted by atomic mass is 10.3. The van der Waals surface area contributed by atoms with Crippen molar-refractivity contribution in [2.75, 3.05) is 13.7 Å². The van der Waals surface area contributed by atoms with Crippen LogP contribution in [0.5, 0.6) is 5.75 Å². The average Bonchev–Trinajstić information content (AvgIpc) is 3.38. The number of carbonyl (C=O) groups excluding carboxylic acids is 2. The van der Waals surface area contributed by atoms with E-state index >= 15 is 0 Å². The normalized spacial score (nSPS) is 20.6. The number of nitrogens with two attached hydrogens (primary N) is 1. The maximum atomic E-state index is 13.3. The Bertz CT molecular complexity index is 1090. The summed E-state index contributed by atoms with van der Waals surface area (Å²) in [6.45, 7) is 0.765. The van der Waals surface area contributed by atoms with Gasteiger partial charge in [-0.2, -0.15) is 5.09 Å². The van der Waals surface area contributed by atoms with Crippen molar-refractivity contribution in [1.29, 1.82) is 0 Å². The van der Waals surface area contributed by atoms with Gasteiger partial charge in [-0.3, -0.25) is 14.1 Å². The predicted molar refractivity (Wildman–Crippen MR) is 110 cm³/mol. The second-order valence-corrected chi connectivity index (χ2v) is 8.42. The van der Waals surface area contributed by atoms with Crippen LogP contribution in [0.1, 0.15) is 23.8 Å². The molecule has 1 aromatic heterocycles. The van der Waals surface area contributed by atoms with Crippen LogP contribution in [0.2, 0.25) is 0 Å². The summed E-state index contributed by atoms with van der Waals surface area (Å²) in [7, 11) is -3.06. The van der Waals surface area contributed by atoms with Crippen molar-refractivity contribution in [3.63, 3.8) is 0 Å². The molecule has 0 saturated heterocycles. The van der Waals surface area contributed by atoms with Crippen LogP contribution in [0.25, 0.3) is 0 Å². The van der Waals surface area contributed by atoms with Crippen molar-refractivity contribution < 1.29 is 42.9 Å². The van der Waals surface area contributed by atoms with Gasteiger partial charge in [-0.05, 0) is 19.1 Å². The molecule has 2 unspecified atom stereocenters. The maximum Gasteiger partial charge on any atom is 0.459 e. The summed E-state index contributed by atoms with van der Waals surface area (Å²) in [5.41, 5.74) is 5.10. The number of hydrogen-bond donors (Lipinski definition) is 4. The molecule has 4 atom stereocenters. The number of rotatable bonds is 10. The number of para-hydroxylation sites is 1. The second kappa shape index (κ2) is 10.0. The third-order valence-corrected chi connectivity index (χ3v) is 5.95. The Morgan fingerprint density at radius 2 is 2.06 bits per heavy atom. The third kappa shape index (κ3) is 5.68. The second-order valence-electron chi connectivity index (χ2n) is 6.72. The van der Waals surface area contributed by atoms with Crippen LogP contribution in [0, 0.1) is 0 Å². The van der Waals surface area contributed by atoms with E-state index in [1.807, 2.05) is 0 Å².